The van der Waals surface area contributed by atoms with E-state index in [-0.39, 0.29) is 6.61 Å². The third-order valence-electron chi connectivity index (χ3n) is 4.01. The van der Waals surface area contributed by atoms with E-state index in [9.17, 15) is 13.2 Å². The summed E-state index contributed by atoms with van der Waals surface area (Å²) in [6.07, 6.45) is 4.24. The van der Waals surface area contributed by atoms with E-state index >= 15 is 0 Å². The van der Waals surface area contributed by atoms with Gasteiger partial charge in [0.15, 0.2) is 0 Å². The van der Waals surface area contributed by atoms with Gasteiger partial charge in [0.1, 0.15) is 6.04 Å². The Morgan fingerprint density at radius 2 is 2.19 bits per heavy atom. The third kappa shape index (κ3) is 4.38. The molecule has 0 bridgehead atoms. The van der Waals surface area contributed by atoms with Crippen LogP contribution in [0.4, 0.5) is 0 Å². The van der Waals surface area contributed by atoms with E-state index in [1.54, 1.807) is 6.92 Å². The molecule has 0 aromatic carbocycles. The van der Waals surface area contributed by atoms with Crippen LogP contribution in [-0.4, -0.2) is 57.0 Å². The van der Waals surface area contributed by atoms with Crippen molar-refractivity contribution in [3.8, 4) is 0 Å². The maximum atomic E-state index is 12.3. The van der Waals surface area contributed by atoms with Crippen molar-refractivity contribution in [2.24, 2.45) is 0 Å². The molecule has 2 aliphatic rings. The molecule has 0 aliphatic carbocycles. The van der Waals surface area contributed by atoms with Gasteiger partial charge in [0, 0.05) is 19.1 Å². The average Bonchev–Trinajstić information content (AvgIpc) is 3.10. The van der Waals surface area contributed by atoms with Gasteiger partial charge in [0.2, 0.25) is 0 Å². The fourth-order valence-electron chi connectivity index (χ4n) is 2.95. The zero-order valence-electron chi connectivity index (χ0n) is 12.5. The maximum Gasteiger partial charge on any atom is 0.324 e. The number of esters is 1. The smallest absolute Gasteiger partial charge is 0.324 e. The van der Waals surface area contributed by atoms with Crippen LogP contribution in [0.15, 0.2) is 0 Å². The summed E-state index contributed by atoms with van der Waals surface area (Å²) in [4.78, 5) is 11.8. The van der Waals surface area contributed by atoms with Crippen molar-refractivity contribution in [3.05, 3.63) is 0 Å². The fraction of sp³-hybridized carbons (Fsp3) is 0.923. The van der Waals surface area contributed by atoms with Crippen LogP contribution in [0.3, 0.4) is 0 Å². The Morgan fingerprint density at radius 3 is 2.86 bits per heavy atom. The van der Waals surface area contributed by atoms with Crippen LogP contribution in [0.5, 0.6) is 0 Å². The molecule has 0 aromatic heterocycles. The topological polar surface area (TPSA) is 87.7 Å². The average molecular weight is 319 g/mol. The minimum atomic E-state index is -3.61. The number of carbonyl (C=O) groups excluding carboxylic acids is 1. The third-order valence-corrected chi connectivity index (χ3v) is 5.63. The largest absolute Gasteiger partial charge is 0.465 e. The molecule has 2 unspecified atom stereocenters. The van der Waals surface area contributed by atoms with Crippen molar-refractivity contribution in [1.29, 1.82) is 0 Å². The van der Waals surface area contributed by atoms with Gasteiger partial charge in [0.25, 0.3) is 10.2 Å². The molecular formula is C13H25N3O4S. The zero-order chi connectivity index (χ0) is 15.3. The summed E-state index contributed by atoms with van der Waals surface area (Å²) in [6.45, 7) is 3.77. The van der Waals surface area contributed by atoms with Gasteiger partial charge >= 0.3 is 5.97 Å². The van der Waals surface area contributed by atoms with Crippen molar-refractivity contribution in [2.45, 2.75) is 51.1 Å². The molecule has 21 heavy (non-hydrogen) atoms. The van der Waals surface area contributed by atoms with Crippen LogP contribution in [-0.2, 0) is 19.7 Å². The van der Waals surface area contributed by atoms with Crippen molar-refractivity contribution >= 4 is 16.2 Å². The van der Waals surface area contributed by atoms with E-state index in [1.807, 2.05) is 0 Å². The first-order valence-electron chi connectivity index (χ1n) is 7.71. The second kappa shape index (κ2) is 7.53. The van der Waals surface area contributed by atoms with Crippen molar-refractivity contribution in [1.82, 2.24) is 14.3 Å². The molecule has 0 radical (unpaired) electrons. The van der Waals surface area contributed by atoms with E-state index in [2.05, 4.69) is 10.0 Å². The predicted octanol–water partition coefficient (Wildman–Crippen LogP) is -0.00960. The van der Waals surface area contributed by atoms with Crippen molar-refractivity contribution < 1.29 is 17.9 Å². The standard InChI is InChI=1S/C13H25N3O4S/c1-2-20-13(17)12-6-4-10-16(12)21(18,19)15-9-7-11-5-3-8-14-11/h11-12,14-15H,2-10H2,1H3. The molecule has 2 atom stereocenters. The Kier molecular flexibility index (Phi) is 5.98. The molecule has 8 heteroatoms. The highest BCUT2D eigenvalue weighted by molar-refractivity contribution is 7.87. The van der Waals surface area contributed by atoms with E-state index in [0.717, 1.165) is 25.8 Å². The number of ether oxygens (including phenoxy) is 1. The molecule has 2 aliphatic heterocycles. The second-order valence-corrected chi connectivity index (χ2v) is 7.21. The number of nitrogens with one attached hydrogen (secondary N) is 2. The lowest BCUT2D eigenvalue weighted by Crippen LogP contribution is -2.47. The Hall–Kier alpha value is -0.700. The van der Waals surface area contributed by atoms with Gasteiger partial charge in [-0.15, -0.1) is 0 Å². The summed E-state index contributed by atoms with van der Waals surface area (Å²) in [7, 11) is -3.61. The fourth-order valence-corrected chi connectivity index (χ4v) is 4.39. The van der Waals surface area contributed by atoms with Gasteiger partial charge in [-0.2, -0.15) is 12.7 Å². The van der Waals surface area contributed by atoms with Gasteiger partial charge in [-0.25, -0.2) is 4.72 Å². The zero-order valence-corrected chi connectivity index (χ0v) is 13.3. The Bertz CT molecular complexity index is 448. The minimum Gasteiger partial charge on any atom is -0.465 e. The number of hydrogen-bond acceptors (Lipinski definition) is 5. The summed E-state index contributed by atoms with van der Waals surface area (Å²) in [6, 6.07) is -0.279. The molecular weight excluding hydrogens is 294 g/mol. The summed E-state index contributed by atoms with van der Waals surface area (Å²) in [5, 5.41) is 3.33. The molecule has 2 heterocycles. The van der Waals surface area contributed by atoms with Crippen LogP contribution >= 0.6 is 0 Å². The molecule has 0 aromatic rings. The number of nitrogens with zero attached hydrogens (tertiary/aromatic N) is 1. The second-order valence-electron chi connectivity index (χ2n) is 5.50. The lowest BCUT2D eigenvalue weighted by molar-refractivity contribution is -0.146. The first-order chi connectivity index (χ1) is 10.0. The van der Waals surface area contributed by atoms with E-state index in [0.29, 0.717) is 32.0 Å². The highest BCUT2D eigenvalue weighted by Crippen LogP contribution is 2.21. The monoisotopic (exact) mass is 319 g/mol. The molecule has 7 nitrogen and oxygen atoms in total. The van der Waals surface area contributed by atoms with Gasteiger partial charge in [0.05, 0.1) is 6.61 Å². The summed E-state index contributed by atoms with van der Waals surface area (Å²) in [5.74, 6) is -0.446. The van der Waals surface area contributed by atoms with Gasteiger partial charge in [-0.1, -0.05) is 0 Å². The van der Waals surface area contributed by atoms with Gasteiger partial charge in [-0.05, 0) is 45.6 Å². The highest BCUT2D eigenvalue weighted by atomic mass is 32.2. The predicted molar refractivity (Wildman–Crippen MR) is 78.9 cm³/mol. The number of rotatable bonds is 7. The molecule has 0 spiro atoms. The molecule has 2 fully saturated rings. The van der Waals surface area contributed by atoms with Crippen LogP contribution in [0.2, 0.25) is 0 Å². The lowest BCUT2D eigenvalue weighted by Gasteiger charge is -2.23. The molecule has 2 saturated heterocycles. The molecule has 0 amide bonds. The van der Waals surface area contributed by atoms with E-state index < -0.39 is 22.2 Å². The maximum absolute atomic E-state index is 12.3. The summed E-state index contributed by atoms with van der Waals surface area (Å²) < 4.78 is 33.4. The molecule has 122 valence electrons. The normalized spacial score (nSPS) is 27.1. The Morgan fingerprint density at radius 1 is 1.38 bits per heavy atom. The minimum absolute atomic E-state index is 0.268. The molecule has 0 saturated carbocycles. The van der Waals surface area contributed by atoms with Gasteiger partial charge < -0.3 is 10.1 Å². The van der Waals surface area contributed by atoms with Crippen LogP contribution < -0.4 is 10.0 Å². The molecule has 2 N–H and O–H groups in total. The highest BCUT2D eigenvalue weighted by Gasteiger charge is 2.39. The summed E-state index contributed by atoms with van der Waals surface area (Å²) >= 11 is 0. The Balaban J connectivity index is 1.86. The van der Waals surface area contributed by atoms with E-state index in [4.69, 9.17) is 4.74 Å². The quantitative estimate of drug-likeness (QED) is 0.645. The van der Waals surface area contributed by atoms with Crippen molar-refractivity contribution in [2.75, 3.05) is 26.2 Å². The van der Waals surface area contributed by atoms with Crippen molar-refractivity contribution in [3.63, 3.8) is 0 Å². The SMILES string of the molecule is CCOC(=O)C1CCCN1S(=O)(=O)NCCC1CCCN1. The van der Waals surface area contributed by atoms with E-state index in [1.165, 1.54) is 4.31 Å². The number of hydrogen-bond donors (Lipinski definition) is 2. The molecule has 2 rings (SSSR count). The van der Waals surface area contributed by atoms with Gasteiger partial charge in [-0.3, -0.25) is 4.79 Å². The first-order valence-corrected chi connectivity index (χ1v) is 9.15. The first kappa shape index (κ1) is 16.7. The summed E-state index contributed by atoms with van der Waals surface area (Å²) in [5.41, 5.74) is 0. The lowest BCUT2D eigenvalue weighted by atomic mass is 10.2. The van der Waals surface area contributed by atoms with Crippen LogP contribution in [0.25, 0.3) is 0 Å². The Labute approximate surface area is 126 Å². The van der Waals surface area contributed by atoms with Crippen LogP contribution in [0, 0.1) is 0 Å². The number of carbonyl (C=O) groups is 1. The van der Waals surface area contributed by atoms with Crippen LogP contribution in [0.1, 0.15) is 39.0 Å².